The van der Waals surface area contributed by atoms with Gasteiger partial charge in [0.05, 0.1) is 13.5 Å². The number of amides is 1. The number of hydrogen-bond donors (Lipinski definition) is 1. The summed E-state index contributed by atoms with van der Waals surface area (Å²) in [5.74, 6) is -0.701. The molecule has 0 bridgehead atoms. The average Bonchev–Trinajstić information content (AvgIpc) is 2.35. The number of ketones is 1. The third-order valence-electron chi connectivity index (χ3n) is 2.31. The number of esters is 1. The van der Waals surface area contributed by atoms with Gasteiger partial charge in [0.1, 0.15) is 0 Å². The first-order chi connectivity index (χ1) is 8.52. The van der Waals surface area contributed by atoms with Gasteiger partial charge in [-0.2, -0.15) is 0 Å². The Bertz CT molecular complexity index is 451. The van der Waals surface area contributed by atoms with Gasteiger partial charge in [-0.25, -0.2) is 0 Å². The summed E-state index contributed by atoms with van der Waals surface area (Å²) < 4.78 is 4.46. The molecule has 0 heterocycles. The van der Waals surface area contributed by atoms with E-state index in [1.807, 2.05) is 0 Å². The molecule has 1 aromatic rings. The number of hydrogen-bond acceptors (Lipinski definition) is 4. The molecule has 0 atom stereocenters. The summed E-state index contributed by atoms with van der Waals surface area (Å²) >= 11 is 0. The van der Waals surface area contributed by atoms with Crippen LogP contribution in [0.15, 0.2) is 24.3 Å². The van der Waals surface area contributed by atoms with Crippen molar-refractivity contribution in [3.63, 3.8) is 0 Å². The molecule has 5 heteroatoms. The van der Waals surface area contributed by atoms with Crippen molar-refractivity contribution >= 4 is 23.3 Å². The van der Waals surface area contributed by atoms with Gasteiger partial charge in [0.2, 0.25) is 5.91 Å². The van der Waals surface area contributed by atoms with Crippen molar-refractivity contribution in [1.29, 1.82) is 0 Å². The molecule has 96 valence electrons. The molecule has 0 radical (unpaired) electrons. The van der Waals surface area contributed by atoms with Crippen molar-refractivity contribution in [2.75, 3.05) is 12.4 Å². The Balaban J connectivity index is 2.59. The summed E-state index contributed by atoms with van der Waals surface area (Å²) in [6.07, 6.45) is 0.189. The van der Waals surface area contributed by atoms with Gasteiger partial charge in [-0.3, -0.25) is 14.4 Å². The molecule has 1 aromatic carbocycles. The largest absolute Gasteiger partial charge is 0.469 e. The number of anilines is 1. The Morgan fingerprint density at radius 2 is 1.72 bits per heavy atom. The Morgan fingerprint density at radius 3 is 2.22 bits per heavy atom. The minimum absolute atomic E-state index is 0.0722. The lowest BCUT2D eigenvalue weighted by Gasteiger charge is -2.04. The second kappa shape index (κ2) is 6.54. The predicted octanol–water partition coefficient (Wildman–Crippen LogP) is 1.78. The molecular weight excluding hydrogens is 234 g/mol. The highest BCUT2D eigenvalue weighted by atomic mass is 16.5. The van der Waals surface area contributed by atoms with Crippen LogP contribution in [-0.2, 0) is 14.3 Å². The molecule has 0 spiro atoms. The first-order valence-electron chi connectivity index (χ1n) is 5.50. The van der Waals surface area contributed by atoms with Gasteiger partial charge < -0.3 is 10.1 Å². The summed E-state index contributed by atoms with van der Waals surface area (Å²) in [6.45, 7) is 1.41. The monoisotopic (exact) mass is 249 g/mol. The van der Waals surface area contributed by atoms with E-state index in [1.54, 1.807) is 24.3 Å². The first kappa shape index (κ1) is 13.9. The van der Waals surface area contributed by atoms with Crippen molar-refractivity contribution in [2.24, 2.45) is 0 Å². The van der Waals surface area contributed by atoms with Gasteiger partial charge in [0.25, 0.3) is 0 Å². The van der Waals surface area contributed by atoms with E-state index in [4.69, 9.17) is 0 Å². The van der Waals surface area contributed by atoms with E-state index < -0.39 is 5.97 Å². The number of carbonyl (C=O) groups excluding carboxylic acids is 3. The normalized spacial score (nSPS) is 9.67. The number of nitrogens with one attached hydrogen (secondary N) is 1. The van der Waals surface area contributed by atoms with Gasteiger partial charge in [0.15, 0.2) is 5.78 Å². The van der Waals surface area contributed by atoms with Crippen molar-refractivity contribution in [3.05, 3.63) is 29.8 Å². The fraction of sp³-hybridized carbons (Fsp3) is 0.308. The first-order valence-corrected chi connectivity index (χ1v) is 5.50. The van der Waals surface area contributed by atoms with Crippen LogP contribution in [0.2, 0.25) is 0 Å². The maximum atomic E-state index is 11.7. The second-order valence-electron chi connectivity index (χ2n) is 3.76. The van der Waals surface area contributed by atoms with Crippen molar-refractivity contribution in [1.82, 2.24) is 0 Å². The fourth-order valence-electron chi connectivity index (χ4n) is 1.40. The van der Waals surface area contributed by atoms with Gasteiger partial charge in [0, 0.05) is 24.6 Å². The average molecular weight is 249 g/mol. The van der Waals surface area contributed by atoms with Crippen LogP contribution in [0.3, 0.4) is 0 Å². The Labute approximate surface area is 105 Å². The summed E-state index contributed by atoms with van der Waals surface area (Å²) in [4.78, 5) is 33.4. The third kappa shape index (κ3) is 4.37. The number of ether oxygens (including phenoxy) is 1. The van der Waals surface area contributed by atoms with E-state index in [-0.39, 0.29) is 24.5 Å². The zero-order valence-electron chi connectivity index (χ0n) is 10.4. The molecule has 0 unspecified atom stereocenters. The van der Waals surface area contributed by atoms with E-state index in [2.05, 4.69) is 10.1 Å². The number of Topliss-reactive ketones (excluding diaryl/α,β-unsaturated/α-hetero) is 1. The molecule has 0 aromatic heterocycles. The molecule has 0 saturated carbocycles. The minimum atomic E-state index is -0.404. The Morgan fingerprint density at radius 1 is 1.11 bits per heavy atom. The number of rotatable bonds is 5. The van der Waals surface area contributed by atoms with Crippen molar-refractivity contribution in [3.8, 4) is 0 Å². The molecule has 1 amide bonds. The van der Waals surface area contributed by atoms with Crippen LogP contribution >= 0.6 is 0 Å². The van der Waals surface area contributed by atoms with Crippen LogP contribution < -0.4 is 5.32 Å². The van der Waals surface area contributed by atoms with Crippen molar-refractivity contribution in [2.45, 2.75) is 19.8 Å². The second-order valence-corrected chi connectivity index (χ2v) is 3.76. The van der Waals surface area contributed by atoms with E-state index in [1.165, 1.54) is 14.0 Å². The lowest BCUT2D eigenvalue weighted by atomic mass is 10.1. The maximum Gasteiger partial charge on any atom is 0.305 e. The van der Waals surface area contributed by atoms with Crippen LogP contribution in [0.4, 0.5) is 5.69 Å². The molecule has 1 N–H and O–H groups in total. The third-order valence-corrected chi connectivity index (χ3v) is 2.31. The quantitative estimate of drug-likeness (QED) is 0.637. The Hall–Kier alpha value is -2.17. The summed E-state index contributed by atoms with van der Waals surface area (Å²) in [6, 6.07) is 6.52. The SMILES string of the molecule is COC(=O)CCC(=O)c1ccc(NC(C)=O)cc1. The lowest BCUT2D eigenvalue weighted by molar-refractivity contribution is -0.140. The fourth-order valence-corrected chi connectivity index (χ4v) is 1.40. The Kier molecular flexibility index (Phi) is 5.05. The van der Waals surface area contributed by atoms with E-state index in [0.29, 0.717) is 11.3 Å². The summed E-state index contributed by atoms with van der Waals surface area (Å²) in [5, 5.41) is 2.61. The molecule has 18 heavy (non-hydrogen) atoms. The van der Waals surface area contributed by atoms with E-state index in [0.717, 1.165) is 0 Å². The van der Waals surface area contributed by atoms with Gasteiger partial charge in [-0.1, -0.05) is 0 Å². The highest BCUT2D eigenvalue weighted by Gasteiger charge is 2.09. The zero-order valence-corrected chi connectivity index (χ0v) is 10.4. The van der Waals surface area contributed by atoms with Crippen LogP contribution in [-0.4, -0.2) is 24.8 Å². The van der Waals surface area contributed by atoms with Crippen LogP contribution in [0.5, 0.6) is 0 Å². The zero-order chi connectivity index (χ0) is 13.5. The molecule has 0 aliphatic rings. The molecule has 0 aliphatic carbocycles. The van der Waals surface area contributed by atoms with Crippen LogP contribution in [0, 0.1) is 0 Å². The molecule has 0 saturated heterocycles. The molecule has 5 nitrogen and oxygen atoms in total. The van der Waals surface area contributed by atoms with Gasteiger partial charge in [-0.15, -0.1) is 0 Å². The number of carbonyl (C=O) groups is 3. The van der Waals surface area contributed by atoms with Crippen molar-refractivity contribution < 1.29 is 19.1 Å². The lowest BCUT2D eigenvalue weighted by Crippen LogP contribution is -2.07. The van der Waals surface area contributed by atoms with Crippen LogP contribution in [0.1, 0.15) is 30.1 Å². The highest BCUT2D eigenvalue weighted by molar-refractivity contribution is 5.98. The highest BCUT2D eigenvalue weighted by Crippen LogP contribution is 2.12. The summed E-state index contributed by atoms with van der Waals surface area (Å²) in [5.41, 5.74) is 1.14. The predicted molar refractivity (Wildman–Crippen MR) is 66.3 cm³/mol. The van der Waals surface area contributed by atoms with Crippen LogP contribution in [0.25, 0.3) is 0 Å². The minimum Gasteiger partial charge on any atom is -0.469 e. The smallest absolute Gasteiger partial charge is 0.305 e. The van der Waals surface area contributed by atoms with E-state index in [9.17, 15) is 14.4 Å². The molecule has 0 aliphatic heterocycles. The number of methoxy groups -OCH3 is 1. The number of benzene rings is 1. The molecular formula is C13H15NO4. The topological polar surface area (TPSA) is 72.5 Å². The van der Waals surface area contributed by atoms with E-state index >= 15 is 0 Å². The van der Waals surface area contributed by atoms with Gasteiger partial charge in [-0.05, 0) is 24.3 Å². The summed E-state index contributed by atoms with van der Waals surface area (Å²) in [7, 11) is 1.29. The molecule has 1 rings (SSSR count). The standard InChI is InChI=1S/C13H15NO4/c1-9(15)14-11-5-3-10(4-6-11)12(16)7-8-13(17)18-2/h3-6H,7-8H2,1-2H3,(H,14,15). The molecule has 0 fully saturated rings. The maximum absolute atomic E-state index is 11.7. The van der Waals surface area contributed by atoms with Gasteiger partial charge >= 0.3 is 5.97 Å².